The van der Waals surface area contributed by atoms with Crippen molar-refractivity contribution in [1.29, 1.82) is 0 Å². The summed E-state index contributed by atoms with van der Waals surface area (Å²) in [6, 6.07) is 9.74. The third-order valence-electron chi connectivity index (χ3n) is 4.68. The molecule has 0 aliphatic carbocycles. The summed E-state index contributed by atoms with van der Waals surface area (Å²) in [6.07, 6.45) is 5.95. The molecule has 1 aliphatic rings. The van der Waals surface area contributed by atoms with Gasteiger partial charge < -0.3 is 14.4 Å². The summed E-state index contributed by atoms with van der Waals surface area (Å²) >= 11 is -0.343. The maximum Gasteiger partial charge on any atom is 0.446 e. The van der Waals surface area contributed by atoms with E-state index in [2.05, 4.69) is 0 Å². The second kappa shape index (κ2) is 10.4. The first-order valence-corrected chi connectivity index (χ1v) is 12.0. The fraction of sp³-hybridized carbons (Fsp3) is 0.130. The number of carbonyl (C=O) groups excluding carboxylic acids is 2. The van der Waals surface area contributed by atoms with Gasteiger partial charge >= 0.3 is 17.4 Å². The maximum atomic E-state index is 13.0. The Kier molecular flexibility index (Phi) is 7.76. The fourth-order valence-electron chi connectivity index (χ4n) is 3.11. The van der Waals surface area contributed by atoms with Gasteiger partial charge in [0.05, 0.1) is 29.6 Å². The molecule has 0 unspecified atom stereocenters. The van der Waals surface area contributed by atoms with Crippen molar-refractivity contribution in [1.82, 2.24) is 0 Å². The van der Waals surface area contributed by atoms with Gasteiger partial charge in [-0.25, -0.2) is 18.0 Å². The molecule has 1 heterocycles. The zero-order valence-electron chi connectivity index (χ0n) is 18.3. The minimum absolute atomic E-state index is 0.0714. The molecule has 0 atom stereocenters. The molecule has 35 heavy (non-hydrogen) atoms. The summed E-state index contributed by atoms with van der Waals surface area (Å²) in [5, 5.41) is 0. The SMILES string of the molecule is COC(=O)C1=C(C(=O)OC)N(c2ccc(S(=O)(=O)c3ccc(SC(F)(F)F)cc3)cc2)C=CC=C1. The lowest BCUT2D eigenvalue weighted by molar-refractivity contribution is -0.139. The first kappa shape index (κ1) is 26.1. The number of halogens is 3. The van der Waals surface area contributed by atoms with Gasteiger partial charge in [-0.05, 0) is 72.4 Å². The van der Waals surface area contributed by atoms with Crippen LogP contribution in [0.25, 0.3) is 0 Å². The molecule has 0 amide bonds. The highest BCUT2D eigenvalue weighted by molar-refractivity contribution is 8.00. The molecule has 12 heteroatoms. The van der Waals surface area contributed by atoms with Crippen LogP contribution in [-0.4, -0.2) is 40.1 Å². The van der Waals surface area contributed by atoms with Gasteiger partial charge in [0.2, 0.25) is 9.84 Å². The Morgan fingerprint density at radius 1 is 0.857 bits per heavy atom. The Balaban J connectivity index is 1.96. The van der Waals surface area contributed by atoms with Gasteiger partial charge in [0.15, 0.2) is 0 Å². The van der Waals surface area contributed by atoms with Crippen LogP contribution in [0.15, 0.2) is 98.9 Å². The van der Waals surface area contributed by atoms with Crippen LogP contribution in [-0.2, 0) is 28.9 Å². The van der Waals surface area contributed by atoms with Crippen molar-refractivity contribution in [3.63, 3.8) is 0 Å². The van der Waals surface area contributed by atoms with Gasteiger partial charge in [-0.1, -0.05) is 6.08 Å². The van der Waals surface area contributed by atoms with E-state index in [9.17, 15) is 31.2 Å². The Morgan fingerprint density at radius 2 is 1.40 bits per heavy atom. The number of ether oxygens (including phenoxy) is 2. The van der Waals surface area contributed by atoms with Crippen molar-refractivity contribution >= 4 is 39.2 Å². The average molecular weight is 526 g/mol. The Labute approximate surface area is 203 Å². The molecule has 2 aromatic rings. The summed E-state index contributed by atoms with van der Waals surface area (Å²) in [4.78, 5) is 25.6. The molecule has 0 fully saturated rings. The number of hydrogen-bond donors (Lipinski definition) is 0. The van der Waals surface area contributed by atoms with Crippen LogP contribution in [0.3, 0.4) is 0 Å². The number of esters is 2. The van der Waals surface area contributed by atoms with Gasteiger partial charge in [-0.3, -0.25) is 0 Å². The number of rotatable bonds is 6. The second-order valence-corrected chi connectivity index (χ2v) is 9.92. The number of alkyl halides is 3. The van der Waals surface area contributed by atoms with Gasteiger partial charge in [0.1, 0.15) is 5.70 Å². The molecule has 7 nitrogen and oxygen atoms in total. The molecular weight excluding hydrogens is 507 g/mol. The standard InChI is InChI=1S/C23H18F3NO6S2/c1-32-21(28)19-5-3-4-14-27(20(19)22(29)33-2)15-6-10-17(11-7-15)35(30,31)18-12-8-16(9-13-18)34-23(24,25)26/h3-14H,1-2H3. The molecule has 0 saturated heterocycles. The van der Waals surface area contributed by atoms with E-state index in [-0.39, 0.29) is 37.7 Å². The van der Waals surface area contributed by atoms with Crippen LogP contribution in [0.4, 0.5) is 18.9 Å². The number of nitrogens with zero attached hydrogens (tertiary/aromatic N) is 1. The molecule has 0 saturated carbocycles. The highest BCUT2D eigenvalue weighted by atomic mass is 32.2. The Morgan fingerprint density at radius 3 is 1.91 bits per heavy atom. The Bertz CT molecular complexity index is 1310. The lowest BCUT2D eigenvalue weighted by atomic mass is 10.1. The zero-order valence-corrected chi connectivity index (χ0v) is 19.9. The predicted molar refractivity (Wildman–Crippen MR) is 122 cm³/mol. The van der Waals surface area contributed by atoms with Crippen molar-refractivity contribution in [3.8, 4) is 0 Å². The van der Waals surface area contributed by atoms with Crippen LogP contribution in [0, 0.1) is 0 Å². The molecule has 1 aliphatic heterocycles. The van der Waals surface area contributed by atoms with E-state index in [0.29, 0.717) is 5.69 Å². The number of thioether (sulfide) groups is 1. The lowest BCUT2D eigenvalue weighted by Gasteiger charge is -2.23. The van der Waals surface area contributed by atoms with E-state index < -0.39 is 27.3 Å². The van der Waals surface area contributed by atoms with Crippen LogP contribution < -0.4 is 4.90 Å². The molecule has 184 valence electrons. The van der Waals surface area contributed by atoms with E-state index in [1.54, 1.807) is 6.08 Å². The normalized spacial score (nSPS) is 14.0. The highest BCUT2D eigenvalue weighted by Gasteiger charge is 2.30. The van der Waals surface area contributed by atoms with E-state index in [1.807, 2.05) is 0 Å². The number of hydrogen-bond acceptors (Lipinski definition) is 8. The number of anilines is 1. The molecular formula is C23H18F3NO6S2. The topological polar surface area (TPSA) is 90.0 Å². The summed E-state index contributed by atoms with van der Waals surface area (Å²) in [5.74, 6) is -1.60. The van der Waals surface area contributed by atoms with Crippen LogP contribution >= 0.6 is 11.8 Å². The molecule has 0 N–H and O–H groups in total. The van der Waals surface area contributed by atoms with Crippen molar-refractivity contribution in [2.45, 2.75) is 20.2 Å². The molecule has 3 rings (SSSR count). The third kappa shape index (κ3) is 5.95. The molecule has 0 spiro atoms. The number of methoxy groups -OCH3 is 2. The van der Waals surface area contributed by atoms with Crippen LogP contribution in [0.2, 0.25) is 0 Å². The van der Waals surface area contributed by atoms with Crippen molar-refractivity contribution in [2.24, 2.45) is 0 Å². The van der Waals surface area contributed by atoms with Gasteiger partial charge in [0, 0.05) is 16.8 Å². The van der Waals surface area contributed by atoms with Crippen molar-refractivity contribution in [3.05, 3.63) is 84.2 Å². The van der Waals surface area contributed by atoms with Crippen molar-refractivity contribution in [2.75, 3.05) is 19.1 Å². The van der Waals surface area contributed by atoms with Gasteiger partial charge in [-0.2, -0.15) is 13.2 Å². The van der Waals surface area contributed by atoms with Gasteiger partial charge in [-0.15, -0.1) is 0 Å². The highest BCUT2D eigenvalue weighted by Crippen LogP contribution is 2.37. The first-order chi connectivity index (χ1) is 16.5. The summed E-state index contributed by atoms with van der Waals surface area (Å²) < 4.78 is 73.0. The minimum atomic E-state index is -4.49. The summed E-state index contributed by atoms with van der Waals surface area (Å²) in [7, 11) is -1.72. The lowest BCUT2D eigenvalue weighted by Crippen LogP contribution is -2.26. The quantitative estimate of drug-likeness (QED) is 0.399. The average Bonchev–Trinajstić information content (AvgIpc) is 3.05. The summed E-state index contributed by atoms with van der Waals surface area (Å²) in [5.41, 5.74) is -4.36. The molecule has 0 bridgehead atoms. The van der Waals surface area contributed by atoms with E-state index in [0.717, 1.165) is 38.5 Å². The number of sulfone groups is 1. The monoisotopic (exact) mass is 525 g/mol. The fourth-order valence-corrected chi connectivity index (χ4v) is 4.91. The van der Waals surface area contributed by atoms with E-state index in [4.69, 9.17) is 9.47 Å². The molecule has 0 aromatic heterocycles. The smallest absolute Gasteiger partial charge is 0.446 e. The molecule has 2 aromatic carbocycles. The van der Waals surface area contributed by atoms with Gasteiger partial charge in [0.25, 0.3) is 0 Å². The third-order valence-corrected chi connectivity index (χ3v) is 7.21. The number of benzene rings is 2. The Hall–Kier alpha value is -3.51. The van der Waals surface area contributed by atoms with Crippen LogP contribution in [0.1, 0.15) is 0 Å². The predicted octanol–water partition coefficient (Wildman–Crippen LogP) is 4.62. The van der Waals surface area contributed by atoms with Crippen LogP contribution in [0.5, 0.6) is 0 Å². The number of allylic oxidation sites excluding steroid dienone is 2. The van der Waals surface area contributed by atoms with Crippen molar-refractivity contribution < 1.29 is 40.7 Å². The second-order valence-electron chi connectivity index (χ2n) is 6.83. The first-order valence-electron chi connectivity index (χ1n) is 9.74. The molecule has 0 radical (unpaired) electrons. The minimum Gasteiger partial charge on any atom is -0.465 e. The largest absolute Gasteiger partial charge is 0.465 e. The zero-order chi connectivity index (χ0) is 25.8. The maximum absolute atomic E-state index is 13.0. The summed E-state index contributed by atoms with van der Waals surface area (Å²) in [6.45, 7) is 0. The van der Waals surface area contributed by atoms with E-state index in [1.165, 1.54) is 47.5 Å². The van der Waals surface area contributed by atoms with E-state index >= 15 is 0 Å². The number of carbonyl (C=O) groups is 2.